The highest BCUT2D eigenvalue weighted by Gasteiger charge is 2.19. The van der Waals surface area contributed by atoms with Crippen LogP contribution < -0.4 is 5.32 Å². The molecule has 1 aliphatic carbocycles. The van der Waals surface area contributed by atoms with E-state index < -0.39 is 0 Å². The third kappa shape index (κ3) is 3.30. The lowest BCUT2D eigenvalue weighted by Crippen LogP contribution is -2.34. The quantitative estimate of drug-likeness (QED) is 0.830. The van der Waals surface area contributed by atoms with Crippen LogP contribution in [-0.2, 0) is 6.54 Å². The lowest BCUT2D eigenvalue weighted by Gasteiger charge is -2.23. The van der Waals surface area contributed by atoms with Gasteiger partial charge < -0.3 is 5.32 Å². The summed E-state index contributed by atoms with van der Waals surface area (Å²) in [6, 6.07) is 6.62. The molecule has 3 nitrogen and oxygen atoms in total. The smallest absolute Gasteiger partial charge is 0.144 e. The van der Waals surface area contributed by atoms with Crippen molar-refractivity contribution in [3.8, 4) is 6.07 Å². The first-order chi connectivity index (χ1) is 8.81. The standard InChI is InChI=1S/C15H21N3/c1-12-6-3-2-4-8-14(12)18-11-13-7-5-9-17-15(13)10-16/h5,7,9,12,14,18H,2-4,6,8,11H2,1H3. The van der Waals surface area contributed by atoms with E-state index in [-0.39, 0.29) is 0 Å². The third-order valence-electron chi connectivity index (χ3n) is 3.91. The van der Waals surface area contributed by atoms with Crippen molar-refractivity contribution >= 4 is 0 Å². The van der Waals surface area contributed by atoms with E-state index in [4.69, 9.17) is 5.26 Å². The monoisotopic (exact) mass is 243 g/mol. The fourth-order valence-electron chi connectivity index (χ4n) is 2.72. The Morgan fingerprint density at radius 3 is 3.06 bits per heavy atom. The van der Waals surface area contributed by atoms with Gasteiger partial charge in [-0.1, -0.05) is 32.3 Å². The van der Waals surface area contributed by atoms with Crippen molar-refractivity contribution in [3.05, 3.63) is 29.6 Å². The molecule has 1 aromatic rings. The zero-order valence-electron chi connectivity index (χ0n) is 11.0. The normalized spacial score (nSPS) is 24.2. The van der Waals surface area contributed by atoms with Gasteiger partial charge in [-0.25, -0.2) is 4.98 Å². The van der Waals surface area contributed by atoms with Gasteiger partial charge in [0, 0.05) is 24.3 Å². The van der Waals surface area contributed by atoms with Crippen molar-refractivity contribution < 1.29 is 0 Å². The molecule has 1 aromatic heterocycles. The number of aromatic nitrogens is 1. The van der Waals surface area contributed by atoms with Gasteiger partial charge in [0.1, 0.15) is 11.8 Å². The Hall–Kier alpha value is -1.40. The van der Waals surface area contributed by atoms with Crippen LogP contribution in [0.25, 0.3) is 0 Å². The molecule has 96 valence electrons. The minimum absolute atomic E-state index is 0.547. The van der Waals surface area contributed by atoms with Crippen LogP contribution in [0.1, 0.15) is 50.3 Å². The lowest BCUT2D eigenvalue weighted by atomic mass is 9.96. The number of rotatable bonds is 3. The molecule has 0 amide bonds. The van der Waals surface area contributed by atoms with E-state index in [9.17, 15) is 0 Å². The van der Waals surface area contributed by atoms with Gasteiger partial charge in [-0.3, -0.25) is 0 Å². The first-order valence-corrected chi connectivity index (χ1v) is 6.88. The first-order valence-electron chi connectivity index (χ1n) is 6.88. The minimum atomic E-state index is 0.547. The average Bonchev–Trinajstić information content (AvgIpc) is 2.61. The van der Waals surface area contributed by atoms with Crippen LogP contribution in [0, 0.1) is 17.2 Å². The van der Waals surface area contributed by atoms with Gasteiger partial charge in [0.25, 0.3) is 0 Å². The molecule has 1 N–H and O–H groups in total. The number of nitrogens with one attached hydrogen (secondary N) is 1. The molecular weight excluding hydrogens is 222 g/mol. The summed E-state index contributed by atoms with van der Waals surface area (Å²) in [5, 5.41) is 12.6. The Morgan fingerprint density at radius 2 is 2.22 bits per heavy atom. The molecule has 0 saturated heterocycles. The fraction of sp³-hybridized carbons (Fsp3) is 0.600. The molecule has 0 aromatic carbocycles. The van der Waals surface area contributed by atoms with E-state index in [2.05, 4.69) is 23.3 Å². The summed E-state index contributed by atoms with van der Waals surface area (Å²) < 4.78 is 0. The van der Waals surface area contributed by atoms with E-state index in [0.29, 0.717) is 11.7 Å². The molecule has 2 rings (SSSR count). The molecule has 0 spiro atoms. The van der Waals surface area contributed by atoms with Crippen molar-refractivity contribution in [2.75, 3.05) is 0 Å². The van der Waals surface area contributed by atoms with Gasteiger partial charge in [0.2, 0.25) is 0 Å². The summed E-state index contributed by atoms with van der Waals surface area (Å²) in [4.78, 5) is 4.10. The van der Waals surface area contributed by atoms with Gasteiger partial charge in [-0.2, -0.15) is 5.26 Å². The molecule has 3 heteroatoms. The zero-order chi connectivity index (χ0) is 12.8. The lowest BCUT2D eigenvalue weighted by molar-refractivity contribution is 0.356. The van der Waals surface area contributed by atoms with Crippen LogP contribution in [0.2, 0.25) is 0 Å². The molecule has 2 unspecified atom stereocenters. The zero-order valence-corrected chi connectivity index (χ0v) is 11.0. The maximum Gasteiger partial charge on any atom is 0.144 e. The number of hydrogen-bond donors (Lipinski definition) is 1. The fourth-order valence-corrected chi connectivity index (χ4v) is 2.72. The SMILES string of the molecule is CC1CCCCCC1NCc1cccnc1C#N. The minimum Gasteiger partial charge on any atom is -0.310 e. The van der Waals surface area contributed by atoms with E-state index in [1.165, 1.54) is 32.1 Å². The molecule has 2 atom stereocenters. The Bertz CT molecular complexity index is 422. The van der Waals surface area contributed by atoms with Crippen molar-refractivity contribution in [2.45, 2.75) is 51.6 Å². The van der Waals surface area contributed by atoms with Gasteiger partial charge in [0.15, 0.2) is 0 Å². The van der Waals surface area contributed by atoms with Crippen LogP contribution >= 0.6 is 0 Å². The Kier molecular flexibility index (Phi) is 4.72. The van der Waals surface area contributed by atoms with Crippen LogP contribution in [0.4, 0.5) is 0 Å². The molecule has 1 heterocycles. The third-order valence-corrected chi connectivity index (χ3v) is 3.91. The molecular formula is C15H21N3. The number of nitrogens with zero attached hydrogens (tertiary/aromatic N) is 2. The van der Waals surface area contributed by atoms with E-state index in [1.54, 1.807) is 6.20 Å². The van der Waals surface area contributed by atoms with E-state index >= 15 is 0 Å². The number of hydrogen-bond acceptors (Lipinski definition) is 3. The summed E-state index contributed by atoms with van der Waals surface area (Å²) in [6.45, 7) is 3.09. The molecule has 0 radical (unpaired) electrons. The van der Waals surface area contributed by atoms with Crippen molar-refractivity contribution in [3.63, 3.8) is 0 Å². The highest BCUT2D eigenvalue weighted by Crippen LogP contribution is 2.23. The van der Waals surface area contributed by atoms with Crippen LogP contribution in [0.15, 0.2) is 18.3 Å². The highest BCUT2D eigenvalue weighted by atomic mass is 14.9. The highest BCUT2D eigenvalue weighted by molar-refractivity contribution is 5.30. The van der Waals surface area contributed by atoms with E-state index in [1.807, 2.05) is 12.1 Å². The van der Waals surface area contributed by atoms with Crippen LogP contribution in [-0.4, -0.2) is 11.0 Å². The average molecular weight is 243 g/mol. The van der Waals surface area contributed by atoms with Crippen molar-refractivity contribution in [1.82, 2.24) is 10.3 Å². The molecule has 1 fully saturated rings. The summed E-state index contributed by atoms with van der Waals surface area (Å²) >= 11 is 0. The second kappa shape index (κ2) is 6.51. The second-order valence-electron chi connectivity index (χ2n) is 5.23. The van der Waals surface area contributed by atoms with Gasteiger partial charge in [0.05, 0.1) is 0 Å². The van der Waals surface area contributed by atoms with Gasteiger partial charge >= 0.3 is 0 Å². The molecule has 18 heavy (non-hydrogen) atoms. The molecule has 1 saturated carbocycles. The van der Waals surface area contributed by atoms with Crippen molar-refractivity contribution in [1.29, 1.82) is 5.26 Å². The number of nitriles is 1. The molecule has 0 aliphatic heterocycles. The van der Waals surface area contributed by atoms with Crippen LogP contribution in [0.5, 0.6) is 0 Å². The van der Waals surface area contributed by atoms with E-state index in [0.717, 1.165) is 18.0 Å². The predicted octanol–water partition coefficient (Wildman–Crippen LogP) is 3.01. The summed E-state index contributed by atoms with van der Waals surface area (Å²) in [7, 11) is 0. The first kappa shape index (κ1) is 13.0. The summed E-state index contributed by atoms with van der Waals surface area (Å²) in [6.07, 6.45) is 8.28. The second-order valence-corrected chi connectivity index (χ2v) is 5.23. The van der Waals surface area contributed by atoms with Crippen LogP contribution in [0.3, 0.4) is 0 Å². The largest absolute Gasteiger partial charge is 0.310 e. The topological polar surface area (TPSA) is 48.7 Å². The predicted molar refractivity (Wildman–Crippen MR) is 71.8 cm³/mol. The Labute approximate surface area is 109 Å². The Morgan fingerprint density at radius 1 is 1.39 bits per heavy atom. The summed E-state index contributed by atoms with van der Waals surface area (Å²) in [5.41, 5.74) is 1.56. The summed E-state index contributed by atoms with van der Waals surface area (Å²) in [5.74, 6) is 0.731. The maximum atomic E-state index is 9.01. The number of pyridine rings is 1. The maximum absolute atomic E-state index is 9.01. The Balaban J connectivity index is 1.96. The molecule has 1 aliphatic rings. The van der Waals surface area contributed by atoms with Gasteiger partial charge in [-0.15, -0.1) is 0 Å². The molecule has 0 bridgehead atoms. The van der Waals surface area contributed by atoms with Crippen molar-refractivity contribution in [2.24, 2.45) is 5.92 Å². The van der Waals surface area contributed by atoms with Gasteiger partial charge in [-0.05, 0) is 24.8 Å².